The third-order valence-corrected chi connectivity index (χ3v) is 2.58. The highest BCUT2D eigenvalue weighted by Gasteiger charge is 2.07. The number of hydrogen-bond donors (Lipinski definition) is 2. The molecule has 18 heavy (non-hydrogen) atoms. The van der Waals surface area contributed by atoms with Crippen LogP contribution in [0.2, 0.25) is 0 Å². The van der Waals surface area contributed by atoms with Crippen LogP contribution in [0.1, 0.15) is 23.7 Å². The monoisotopic (exact) mass is 265 g/mol. The van der Waals surface area contributed by atoms with E-state index >= 15 is 0 Å². The second-order valence-corrected chi connectivity index (χ2v) is 4.57. The van der Waals surface area contributed by atoms with Gasteiger partial charge in [-0.25, -0.2) is 0 Å². The normalized spacial score (nSPS) is 9.72. The molecule has 0 saturated heterocycles. The van der Waals surface area contributed by atoms with Crippen molar-refractivity contribution in [3.63, 3.8) is 0 Å². The van der Waals surface area contributed by atoms with Crippen LogP contribution in [-0.2, 0) is 0 Å². The molecule has 0 unspecified atom stereocenters. The summed E-state index contributed by atoms with van der Waals surface area (Å²) in [6.07, 6.45) is 1.03. The molecule has 0 aliphatic rings. The molecule has 2 N–H and O–H groups in total. The molecule has 98 valence electrons. The average Bonchev–Trinajstić information content (AvgIpc) is 2.36. The Bertz CT molecular complexity index is 415. The Morgan fingerprint density at radius 3 is 2.39 bits per heavy atom. The maximum atomic E-state index is 11.7. The van der Waals surface area contributed by atoms with E-state index in [2.05, 4.69) is 17.6 Å². The lowest BCUT2D eigenvalue weighted by Gasteiger charge is -2.12. The average molecular weight is 265 g/mol. The number of amides is 1. The van der Waals surface area contributed by atoms with Crippen molar-refractivity contribution in [3.8, 4) is 0 Å². The van der Waals surface area contributed by atoms with E-state index < -0.39 is 0 Å². The first kappa shape index (κ1) is 14.4. The number of carbonyl (C=O) groups is 1. The molecule has 5 heteroatoms. The smallest absolute Gasteiger partial charge is 0.253 e. The van der Waals surface area contributed by atoms with Gasteiger partial charge in [0.1, 0.15) is 0 Å². The van der Waals surface area contributed by atoms with E-state index in [0.717, 1.165) is 18.7 Å². The summed E-state index contributed by atoms with van der Waals surface area (Å²) < 4.78 is 0. The Kier molecular flexibility index (Phi) is 5.58. The first-order valence-electron chi connectivity index (χ1n) is 5.91. The number of nitrogens with one attached hydrogen (secondary N) is 2. The van der Waals surface area contributed by atoms with Crippen molar-refractivity contribution in [1.29, 1.82) is 0 Å². The molecule has 0 spiro atoms. The van der Waals surface area contributed by atoms with Crippen LogP contribution in [0.25, 0.3) is 0 Å². The quantitative estimate of drug-likeness (QED) is 0.818. The summed E-state index contributed by atoms with van der Waals surface area (Å²) in [6, 6.07) is 7.26. The molecule has 0 atom stereocenters. The first-order valence-corrected chi connectivity index (χ1v) is 6.32. The van der Waals surface area contributed by atoms with Crippen LogP contribution in [0.15, 0.2) is 24.3 Å². The third kappa shape index (κ3) is 4.33. The molecule has 0 bridgehead atoms. The summed E-state index contributed by atoms with van der Waals surface area (Å²) >= 11 is 5.13. The van der Waals surface area contributed by atoms with Crippen LogP contribution in [-0.4, -0.2) is 36.6 Å². The molecule has 0 fully saturated rings. The van der Waals surface area contributed by atoms with E-state index in [1.165, 1.54) is 0 Å². The minimum Gasteiger partial charge on any atom is -0.362 e. The molecule has 0 aromatic heterocycles. The minimum atomic E-state index is -0.00626. The van der Waals surface area contributed by atoms with Gasteiger partial charge in [-0.1, -0.05) is 6.92 Å². The highest BCUT2D eigenvalue weighted by Crippen LogP contribution is 2.10. The first-order chi connectivity index (χ1) is 8.54. The molecule has 0 radical (unpaired) electrons. The van der Waals surface area contributed by atoms with Gasteiger partial charge in [-0.05, 0) is 42.9 Å². The molecule has 0 heterocycles. The highest BCUT2D eigenvalue weighted by atomic mass is 32.1. The van der Waals surface area contributed by atoms with Gasteiger partial charge in [0.2, 0.25) is 0 Å². The standard InChI is InChI=1S/C13H19N3OS/c1-4-9-14-13(18)15-11-7-5-10(6-8-11)12(17)16(2)3/h5-8H,4,9H2,1-3H3,(H2,14,15,18). The van der Waals surface area contributed by atoms with Gasteiger partial charge in [-0.2, -0.15) is 0 Å². The fourth-order valence-electron chi connectivity index (χ4n) is 1.37. The van der Waals surface area contributed by atoms with Gasteiger partial charge in [-0.3, -0.25) is 4.79 Å². The van der Waals surface area contributed by atoms with Crippen molar-refractivity contribution in [2.45, 2.75) is 13.3 Å². The SMILES string of the molecule is CCCNC(=S)Nc1ccc(C(=O)N(C)C)cc1. The predicted molar refractivity (Wildman–Crippen MR) is 79.0 cm³/mol. The Hall–Kier alpha value is -1.62. The van der Waals surface area contributed by atoms with Crippen molar-refractivity contribution >= 4 is 28.9 Å². The fourth-order valence-corrected chi connectivity index (χ4v) is 1.59. The summed E-state index contributed by atoms with van der Waals surface area (Å²) in [5, 5.41) is 6.75. The Morgan fingerprint density at radius 1 is 1.28 bits per heavy atom. The van der Waals surface area contributed by atoms with Crippen LogP contribution in [0.4, 0.5) is 5.69 Å². The van der Waals surface area contributed by atoms with Crippen LogP contribution >= 0.6 is 12.2 Å². The maximum Gasteiger partial charge on any atom is 0.253 e. The molecule has 0 saturated carbocycles. The molecule has 1 amide bonds. The molecular weight excluding hydrogens is 246 g/mol. The van der Waals surface area contributed by atoms with Crippen LogP contribution in [0.5, 0.6) is 0 Å². The number of nitrogens with zero attached hydrogens (tertiary/aromatic N) is 1. The van der Waals surface area contributed by atoms with Gasteiger partial charge >= 0.3 is 0 Å². The Labute approximate surface area is 113 Å². The zero-order valence-corrected chi connectivity index (χ0v) is 11.8. The molecule has 1 aromatic rings. The van der Waals surface area contributed by atoms with Gasteiger partial charge in [-0.15, -0.1) is 0 Å². The van der Waals surface area contributed by atoms with E-state index in [1.54, 1.807) is 31.1 Å². The van der Waals surface area contributed by atoms with Gasteiger partial charge in [0.05, 0.1) is 0 Å². The van der Waals surface area contributed by atoms with Crippen molar-refractivity contribution in [1.82, 2.24) is 10.2 Å². The lowest BCUT2D eigenvalue weighted by Crippen LogP contribution is -2.28. The molecule has 0 aliphatic heterocycles. The zero-order valence-electron chi connectivity index (χ0n) is 11.0. The van der Waals surface area contributed by atoms with Crippen LogP contribution < -0.4 is 10.6 Å². The summed E-state index contributed by atoms with van der Waals surface area (Å²) in [7, 11) is 3.47. The maximum absolute atomic E-state index is 11.7. The number of carbonyl (C=O) groups excluding carboxylic acids is 1. The lowest BCUT2D eigenvalue weighted by molar-refractivity contribution is 0.0827. The van der Waals surface area contributed by atoms with E-state index in [0.29, 0.717) is 10.7 Å². The van der Waals surface area contributed by atoms with Gasteiger partial charge in [0.15, 0.2) is 5.11 Å². The summed E-state index contributed by atoms with van der Waals surface area (Å²) in [4.78, 5) is 13.2. The van der Waals surface area contributed by atoms with Crippen molar-refractivity contribution in [2.24, 2.45) is 0 Å². The van der Waals surface area contributed by atoms with E-state index in [-0.39, 0.29) is 5.91 Å². The second kappa shape index (κ2) is 6.96. The van der Waals surface area contributed by atoms with E-state index in [1.807, 2.05) is 12.1 Å². The molecule has 1 aromatic carbocycles. The highest BCUT2D eigenvalue weighted by molar-refractivity contribution is 7.80. The van der Waals surface area contributed by atoms with E-state index in [9.17, 15) is 4.79 Å². The number of anilines is 1. The zero-order chi connectivity index (χ0) is 13.5. The minimum absolute atomic E-state index is 0.00626. The fraction of sp³-hybridized carbons (Fsp3) is 0.385. The van der Waals surface area contributed by atoms with Crippen LogP contribution in [0, 0.1) is 0 Å². The van der Waals surface area contributed by atoms with Gasteiger partial charge in [0.25, 0.3) is 5.91 Å². The Morgan fingerprint density at radius 2 is 1.89 bits per heavy atom. The summed E-state index contributed by atoms with van der Waals surface area (Å²) in [6.45, 7) is 2.93. The Balaban J connectivity index is 2.60. The number of benzene rings is 1. The lowest BCUT2D eigenvalue weighted by atomic mass is 10.2. The van der Waals surface area contributed by atoms with Crippen molar-refractivity contribution in [2.75, 3.05) is 26.0 Å². The predicted octanol–water partition coefficient (Wildman–Crippen LogP) is 2.08. The van der Waals surface area contributed by atoms with E-state index in [4.69, 9.17) is 12.2 Å². The molecule has 0 aliphatic carbocycles. The van der Waals surface area contributed by atoms with Gasteiger partial charge < -0.3 is 15.5 Å². The summed E-state index contributed by atoms with van der Waals surface area (Å²) in [5.41, 5.74) is 1.54. The van der Waals surface area contributed by atoms with Crippen molar-refractivity contribution in [3.05, 3.63) is 29.8 Å². The summed E-state index contributed by atoms with van der Waals surface area (Å²) in [5.74, 6) is -0.00626. The molecular formula is C13H19N3OS. The molecule has 1 rings (SSSR count). The van der Waals surface area contributed by atoms with Gasteiger partial charge in [0, 0.05) is 31.9 Å². The number of thiocarbonyl (C=S) groups is 1. The second-order valence-electron chi connectivity index (χ2n) is 4.16. The topological polar surface area (TPSA) is 44.4 Å². The number of hydrogen-bond acceptors (Lipinski definition) is 2. The van der Waals surface area contributed by atoms with Crippen LogP contribution in [0.3, 0.4) is 0 Å². The largest absolute Gasteiger partial charge is 0.362 e. The third-order valence-electron chi connectivity index (χ3n) is 2.33. The number of rotatable bonds is 4. The molecule has 4 nitrogen and oxygen atoms in total. The van der Waals surface area contributed by atoms with Crippen molar-refractivity contribution < 1.29 is 4.79 Å².